The molecule has 1 saturated carbocycles. The van der Waals surface area contributed by atoms with Gasteiger partial charge in [0.1, 0.15) is 0 Å². The molecule has 2 atom stereocenters. The minimum absolute atomic E-state index is 0.0535. The van der Waals surface area contributed by atoms with E-state index in [1.54, 1.807) is 0 Å². The molecule has 1 aromatic heterocycles. The third kappa shape index (κ3) is 1.38. The van der Waals surface area contributed by atoms with Crippen molar-refractivity contribution in [3.8, 4) is 0 Å². The van der Waals surface area contributed by atoms with Crippen LogP contribution in [0.4, 0.5) is 0 Å². The molecular weight excluding hydrogens is 206 g/mol. The molecule has 1 saturated heterocycles. The van der Waals surface area contributed by atoms with Crippen LogP contribution in [-0.4, -0.2) is 29.4 Å². The standard InChI is InChI=1S/C11H17N3O2/c1-11(6-15-5-8(11)12)10-13-9(14-16-10)7-3-2-4-7/h7-8H,2-6,12H2,1H3. The topological polar surface area (TPSA) is 74.2 Å². The zero-order chi connectivity index (χ0) is 11.2. The predicted octanol–water partition coefficient (Wildman–Crippen LogP) is 0.952. The SMILES string of the molecule is CC1(c2nc(C3CCC3)no2)COCC1N. The second-order valence-electron chi connectivity index (χ2n) is 5.12. The lowest BCUT2D eigenvalue weighted by Crippen LogP contribution is -2.42. The highest BCUT2D eigenvalue weighted by molar-refractivity contribution is 5.13. The number of aromatic nitrogens is 2. The fraction of sp³-hybridized carbons (Fsp3) is 0.818. The molecule has 5 heteroatoms. The highest BCUT2D eigenvalue weighted by atomic mass is 16.5. The second-order valence-corrected chi connectivity index (χ2v) is 5.12. The van der Waals surface area contributed by atoms with Gasteiger partial charge >= 0.3 is 0 Å². The molecule has 2 fully saturated rings. The Morgan fingerprint density at radius 3 is 2.81 bits per heavy atom. The molecule has 0 spiro atoms. The number of nitrogens with two attached hydrogens (primary N) is 1. The minimum Gasteiger partial charge on any atom is -0.379 e. The molecule has 0 aromatic carbocycles. The van der Waals surface area contributed by atoms with Gasteiger partial charge in [-0.05, 0) is 19.8 Å². The first-order valence-electron chi connectivity index (χ1n) is 5.87. The molecule has 16 heavy (non-hydrogen) atoms. The lowest BCUT2D eigenvalue weighted by Gasteiger charge is -2.22. The van der Waals surface area contributed by atoms with Gasteiger partial charge in [0.2, 0.25) is 5.89 Å². The summed E-state index contributed by atoms with van der Waals surface area (Å²) in [6.07, 6.45) is 3.63. The van der Waals surface area contributed by atoms with E-state index in [2.05, 4.69) is 10.1 Å². The lowest BCUT2D eigenvalue weighted by molar-refractivity contribution is 0.169. The smallest absolute Gasteiger partial charge is 0.236 e. The molecule has 3 rings (SSSR count). The maximum absolute atomic E-state index is 6.02. The molecule has 2 aliphatic rings. The van der Waals surface area contributed by atoms with Crippen LogP contribution in [0.1, 0.15) is 43.8 Å². The fourth-order valence-electron chi connectivity index (χ4n) is 2.21. The molecular formula is C11H17N3O2. The van der Waals surface area contributed by atoms with Gasteiger partial charge in [-0.25, -0.2) is 0 Å². The van der Waals surface area contributed by atoms with E-state index in [0.29, 0.717) is 25.0 Å². The molecule has 0 bridgehead atoms. The van der Waals surface area contributed by atoms with Crippen molar-refractivity contribution in [1.29, 1.82) is 0 Å². The Kier molecular flexibility index (Phi) is 2.26. The Hall–Kier alpha value is -0.940. The zero-order valence-corrected chi connectivity index (χ0v) is 9.48. The van der Waals surface area contributed by atoms with Crippen LogP contribution in [0.5, 0.6) is 0 Å². The van der Waals surface area contributed by atoms with Gasteiger partial charge in [0.25, 0.3) is 0 Å². The molecule has 1 aliphatic carbocycles. The molecule has 0 radical (unpaired) electrons. The van der Waals surface area contributed by atoms with Crippen molar-refractivity contribution in [2.24, 2.45) is 5.73 Å². The molecule has 2 heterocycles. The average Bonchev–Trinajstić information content (AvgIpc) is 2.74. The number of rotatable bonds is 2. The minimum atomic E-state index is -0.311. The van der Waals surface area contributed by atoms with E-state index in [9.17, 15) is 0 Å². The van der Waals surface area contributed by atoms with Crippen molar-refractivity contribution in [3.63, 3.8) is 0 Å². The van der Waals surface area contributed by atoms with Crippen molar-refractivity contribution in [3.05, 3.63) is 11.7 Å². The second kappa shape index (κ2) is 3.53. The quantitative estimate of drug-likeness (QED) is 0.808. The summed E-state index contributed by atoms with van der Waals surface area (Å²) in [4.78, 5) is 4.50. The van der Waals surface area contributed by atoms with E-state index in [0.717, 1.165) is 5.82 Å². The van der Waals surface area contributed by atoms with Gasteiger partial charge in [0.15, 0.2) is 5.82 Å². The molecule has 2 unspecified atom stereocenters. The lowest BCUT2D eigenvalue weighted by atomic mass is 9.84. The van der Waals surface area contributed by atoms with Gasteiger partial charge in [0, 0.05) is 12.0 Å². The Labute approximate surface area is 94.3 Å². The number of hydrogen-bond acceptors (Lipinski definition) is 5. The first kappa shape index (κ1) is 10.2. The van der Waals surface area contributed by atoms with Crippen LogP contribution in [0, 0.1) is 0 Å². The van der Waals surface area contributed by atoms with E-state index in [-0.39, 0.29) is 11.5 Å². The average molecular weight is 223 g/mol. The summed E-state index contributed by atoms with van der Waals surface area (Å²) in [5.74, 6) is 1.99. The maximum atomic E-state index is 6.02. The van der Waals surface area contributed by atoms with Crippen LogP contribution in [0.2, 0.25) is 0 Å². The molecule has 1 aromatic rings. The largest absolute Gasteiger partial charge is 0.379 e. The van der Waals surface area contributed by atoms with E-state index in [1.165, 1.54) is 19.3 Å². The van der Waals surface area contributed by atoms with Gasteiger partial charge in [-0.1, -0.05) is 11.6 Å². The van der Waals surface area contributed by atoms with E-state index in [4.69, 9.17) is 15.0 Å². The summed E-state index contributed by atoms with van der Waals surface area (Å²) in [6.45, 7) is 3.17. The van der Waals surface area contributed by atoms with Crippen molar-refractivity contribution in [1.82, 2.24) is 10.1 Å². The van der Waals surface area contributed by atoms with Crippen LogP contribution in [0.3, 0.4) is 0 Å². The molecule has 2 N–H and O–H groups in total. The van der Waals surface area contributed by atoms with Gasteiger partial charge in [-0.15, -0.1) is 0 Å². The Bertz CT molecular complexity index is 388. The first-order valence-corrected chi connectivity index (χ1v) is 5.87. The summed E-state index contributed by atoms with van der Waals surface area (Å²) in [6, 6.07) is -0.0535. The van der Waals surface area contributed by atoms with Crippen molar-refractivity contribution >= 4 is 0 Å². The summed E-state index contributed by atoms with van der Waals surface area (Å²) >= 11 is 0. The Balaban J connectivity index is 1.85. The van der Waals surface area contributed by atoms with Crippen molar-refractivity contribution in [2.75, 3.05) is 13.2 Å². The van der Waals surface area contributed by atoms with Crippen molar-refractivity contribution in [2.45, 2.75) is 43.6 Å². The summed E-state index contributed by atoms with van der Waals surface area (Å²) in [5.41, 5.74) is 5.71. The summed E-state index contributed by atoms with van der Waals surface area (Å²) in [7, 11) is 0. The van der Waals surface area contributed by atoms with E-state index >= 15 is 0 Å². The highest BCUT2D eigenvalue weighted by Gasteiger charge is 2.44. The third-order valence-corrected chi connectivity index (χ3v) is 3.92. The Morgan fingerprint density at radius 2 is 2.25 bits per heavy atom. The monoisotopic (exact) mass is 223 g/mol. The molecule has 1 aliphatic heterocycles. The Morgan fingerprint density at radius 1 is 1.44 bits per heavy atom. The van der Waals surface area contributed by atoms with Gasteiger partial charge < -0.3 is 15.0 Å². The predicted molar refractivity (Wildman–Crippen MR) is 57.0 cm³/mol. The van der Waals surface area contributed by atoms with E-state index in [1.807, 2.05) is 6.92 Å². The summed E-state index contributed by atoms with van der Waals surface area (Å²) in [5, 5.41) is 4.07. The van der Waals surface area contributed by atoms with Crippen LogP contribution in [0.25, 0.3) is 0 Å². The van der Waals surface area contributed by atoms with Crippen LogP contribution < -0.4 is 5.73 Å². The van der Waals surface area contributed by atoms with Gasteiger partial charge in [-0.3, -0.25) is 0 Å². The van der Waals surface area contributed by atoms with E-state index < -0.39 is 0 Å². The van der Waals surface area contributed by atoms with Crippen LogP contribution in [0.15, 0.2) is 4.52 Å². The van der Waals surface area contributed by atoms with Crippen LogP contribution >= 0.6 is 0 Å². The van der Waals surface area contributed by atoms with Gasteiger partial charge in [0.05, 0.1) is 18.6 Å². The van der Waals surface area contributed by atoms with Gasteiger partial charge in [-0.2, -0.15) is 4.98 Å². The number of hydrogen-bond donors (Lipinski definition) is 1. The highest BCUT2D eigenvalue weighted by Crippen LogP contribution is 2.37. The normalized spacial score (nSPS) is 35.2. The molecule has 88 valence electrons. The van der Waals surface area contributed by atoms with Crippen LogP contribution in [-0.2, 0) is 10.2 Å². The molecule has 0 amide bonds. The third-order valence-electron chi connectivity index (χ3n) is 3.92. The fourth-order valence-corrected chi connectivity index (χ4v) is 2.21. The molecule has 5 nitrogen and oxygen atoms in total. The number of ether oxygens (including phenoxy) is 1. The zero-order valence-electron chi connectivity index (χ0n) is 9.48. The summed E-state index contributed by atoms with van der Waals surface area (Å²) < 4.78 is 10.7. The first-order chi connectivity index (χ1) is 7.70. The maximum Gasteiger partial charge on any atom is 0.236 e. The van der Waals surface area contributed by atoms with Crippen molar-refractivity contribution < 1.29 is 9.26 Å². The number of nitrogens with zero attached hydrogens (tertiary/aromatic N) is 2.